The van der Waals surface area contributed by atoms with Gasteiger partial charge in [0, 0.05) is 22.2 Å². The van der Waals surface area contributed by atoms with Crippen LogP contribution in [0.25, 0.3) is 10.9 Å². The van der Waals surface area contributed by atoms with Crippen molar-refractivity contribution >= 4 is 22.5 Å². The van der Waals surface area contributed by atoms with Crippen molar-refractivity contribution in [3.63, 3.8) is 0 Å². The van der Waals surface area contributed by atoms with Crippen molar-refractivity contribution in [3.05, 3.63) is 41.0 Å². The van der Waals surface area contributed by atoms with Crippen LogP contribution in [0.4, 0.5) is 0 Å². The Morgan fingerprint density at radius 3 is 2.76 bits per heavy atom. The first-order chi connectivity index (χ1) is 8.06. The van der Waals surface area contributed by atoms with Gasteiger partial charge in [-0.25, -0.2) is 0 Å². The van der Waals surface area contributed by atoms with Crippen LogP contribution in [0.15, 0.2) is 30.5 Å². The van der Waals surface area contributed by atoms with Gasteiger partial charge < -0.3 is 5.73 Å². The lowest BCUT2D eigenvalue weighted by molar-refractivity contribution is 0.491. The highest BCUT2D eigenvalue weighted by atomic mass is 35.5. The van der Waals surface area contributed by atoms with Gasteiger partial charge in [-0.3, -0.25) is 4.98 Å². The normalized spacial score (nSPS) is 12.0. The van der Waals surface area contributed by atoms with Crippen molar-refractivity contribution in [2.45, 2.75) is 25.7 Å². The summed E-state index contributed by atoms with van der Waals surface area (Å²) in [6.07, 6.45) is 2.70. The molecule has 0 radical (unpaired) electrons. The summed E-state index contributed by atoms with van der Waals surface area (Å²) in [5, 5.41) is 1.90. The molecular formula is C14H17ClN2. The van der Waals surface area contributed by atoms with E-state index in [-0.39, 0.29) is 5.41 Å². The van der Waals surface area contributed by atoms with Crippen molar-refractivity contribution in [3.8, 4) is 0 Å². The van der Waals surface area contributed by atoms with Gasteiger partial charge in [-0.1, -0.05) is 37.6 Å². The number of halogens is 1. The monoisotopic (exact) mass is 248 g/mol. The molecule has 1 heterocycles. The van der Waals surface area contributed by atoms with Gasteiger partial charge in [0.2, 0.25) is 0 Å². The average molecular weight is 249 g/mol. The molecule has 0 unspecified atom stereocenters. The number of aromatic nitrogens is 1. The first kappa shape index (κ1) is 12.3. The lowest BCUT2D eigenvalue weighted by Crippen LogP contribution is -2.22. The molecule has 90 valence electrons. The summed E-state index contributed by atoms with van der Waals surface area (Å²) in [4.78, 5) is 4.47. The maximum Gasteiger partial charge on any atom is 0.0754 e. The van der Waals surface area contributed by atoms with Gasteiger partial charge >= 0.3 is 0 Å². The molecule has 0 fully saturated rings. The molecule has 0 amide bonds. The molecule has 3 heteroatoms. The van der Waals surface area contributed by atoms with Gasteiger partial charge in [0.25, 0.3) is 0 Å². The number of hydrogen-bond acceptors (Lipinski definition) is 2. The zero-order valence-electron chi connectivity index (χ0n) is 10.2. The Kier molecular flexibility index (Phi) is 3.36. The third-order valence-electron chi connectivity index (χ3n) is 3.17. The molecule has 0 aliphatic heterocycles. The van der Waals surface area contributed by atoms with E-state index in [9.17, 15) is 0 Å². The van der Waals surface area contributed by atoms with Crippen molar-refractivity contribution in [2.75, 3.05) is 6.54 Å². The standard InChI is InChI=1S/C14H17ClN2/c1-14(2,7-8-16)12-11(15)6-5-10-4-3-9-17-13(10)12/h3-6,9H,7-8,16H2,1-2H3. The van der Waals surface area contributed by atoms with Crippen molar-refractivity contribution in [2.24, 2.45) is 5.73 Å². The zero-order valence-corrected chi connectivity index (χ0v) is 11.0. The molecule has 2 nitrogen and oxygen atoms in total. The lowest BCUT2D eigenvalue weighted by Gasteiger charge is -2.26. The molecule has 0 aliphatic carbocycles. The van der Waals surface area contributed by atoms with Gasteiger partial charge in [0.15, 0.2) is 0 Å². The number of fused-ring (bicyclic) bond motifs is 1. The summed E-state index contributed by atoms with van der Waals surface area (Å²) in [5.41, 5.74) is 7.71. The molecule has 0 saturated heterocycles. The molecule has 0 bridgehead atoms. The number of nitrogens with two attached hydrogens (primary N) is 1. The summed E-state index contributed by atoms with van der Waals surface area (Å²) < 4.78 is 0. The number of nitrogens with zero attached hydrogens (tertiary/aromatic N) is 1. The lowest BCUT2D eigenvalue weighted by atomic mass is 9.80. The second kappa shape index (κ2) is 4.63. The molecule has 2 rings (SSSR count). The fourth-order valence-corrected chi connectivity index (χ4v) is 2.66. The third-order valence-corrected chi connectivity index (χ3v) is 3.48. The fraction of sp³-hybridized carbons (Fsp3) is 0.357. The SMILES string of the molecule is CC(C)(CCN)c1c(Cl)ccc2cccnc12. The highest BCUT2D eigenvalue weighted by Gasteiger charge is 2.25. The van der Waals surface area contributed by atoms with Crippen LogP contribution in [-0.2, 0) is 5.41 Å². The second-order valence-corrected chi connectivity index (χ2v) is 5.33. The minimum atomic E-state index is -0.0559. The molecule has 0 atom stereocenters. The number of benzene rings is 1. The molecule has 0 saturated carbocycles. The van der Waals surface area contributed by atoms with E-state index in [4.69, 9.17) is 17.3 Å². The van der Waals surface area contributed by atoms with Gasteiger partial charge in [-0.05, 0) is 30.5 Å². The smallest absolute Gasteiger partial charge is 0.0754 e. The van der Waals surface area contributed by atoms with Gasteiger partial charge in [-0.2, -0.15) is 0 Å². The summed E-state index contributed by atoms with van der Waals surface area (Å²) >= 11 is 6.34. The van der Waals surface area contributed by atoms with E-state index in [0.29, 0.717) is 6.54 Å². The Morgan fingerprint density at radius 2 is 2.06 bits per heavy atom. The number of rotatable bonds is 3. The van der Waals surface area contributed by atoms with Gasteiger partial charge in [-0.15, -0.1) is 0 Å². The first-order valence-corrected chi connectivity index (χ1v) is 6.18. The van der Waals surface area contributed by atoms with Crippen LogP contribution in [0.3, 0.4) is 0 Å². The molecule has 1 aromatic carbocycles. The van der Waals surface area contributed by atoms with Gasteiger partial charge in [0.1, 0.15) is 0 Å². The second-order valence-electron chi connectivity index (χ2n) is 4.92. The summed E-state index contributed by atoms with van der Waals surface area (Å²) in [5.74, 6) is 0. The Bertz CT molecular complexity index is 535. The van der Waals surface area contributed by atoms with E-state index in [1.54, 1.807) is 6.20 Å². The Labute approximate surface area is 107 Å². The first-order valence-electron chi connectivity index (χ1n) is 5.80. The van der Waals surface area contributed by atoms with Crippen molar-refractivity contribution in [1.29, 1.82) is 0 Å². The van der Waals surface area contributed by atoms with Crippen LogP contribution in [0.2, 0.25) is 5.02 Å². The highest BCUT2D eigenvalue weighted by Crippen LogP contribution is 2.36. The van der Waals surface area contributed by atoms with Crippen LogP contribution in [0, 0.1) is 0 Å². The largest absolute Gasteiger partial charge is 0.330 e. The van der Waals surface area contributed by atoms with Crippen LogP contribution in [0.1, 0.15) is 25.8 Å². The minimum absolute atomic E-state index is 0.0559. The molecule has 0 spiro atoms. The van der Waals surface area contributed by atoms with Crippen LogP contribution in [0.5, 0.6) is 0 Å². The maximum atomic E-state index is 6.34. The summed E-state index contributed by atoms with van der Waals surface area (Å²) in [6, 6.07) is 7.95. The number of pyridine rings is 1. The molecule has 2 aromatic rings. The predicted molar refractivity (Wildman–Crippen MR) is 73.5 cm³/mol. The van der Waals surface area contributed by atoms with Crippen molar-refractivity contribution in [1.82, 2.24) is 4.98 Å². The fourth-order valence-electron chi connectivity index (χ4n) is 2.25. The van der Waals surface area contributed by atoms with Crippen LogP contribution < -0.4 is 5.73 Å². The predicted octanol–water partition coefficient (Wildman–Crippen LogP) is 3.51. The molecule has 0 aliphatic rings. The highest BCUT2D eigenvalue weighted by molar-refractivity contribution is 6.32. The average Bonchev–Trinajstić information content (AvgIpc) is 2.28. The topological polar surface area (TPSA) is 38.9 Å². The summed E-state index contributed by atoms with van der Waals surface area (Å²) in [7, 11) is 0. The Morgan fingerprint density at radius 1 is 1.29 bits per heavy atom. The molecular weight excluding hydrogens is 232 g/mol. The van der Waals surface area contributed by atoms with E-state index in [0.717, 1.165) is 27.9 Å². The Hall–Kier alpha value is -1.12. The van der Waals surface area contributed by atoms with E-state index >= 15 is 0 Å². The van der Waals surface area contributed by atoms with E-state index in [1.165, 1.54) is 0 Å². The van der Waals surface area contributed by atoms with Crippen LogP contribution in [-0.4, -0.2) is 11.5 Å². The molecule has 1 aromatic heterocycles. The number of hydrogen-bond donors (Lipinski definition) is 1. The van der Waals surface area contributed by atoms with Gasteiger partial charge in [0.05, 0.1) is 5.52 Å². The van der Waals surface area contributed by atoms with E-state index in [2.05, 4.69) is 24.9 Å². The van der Waals surface area contributed by atoms with E-state index < -0.39 is 0 Å². The summed E-state index contributed by atoms with van der Waals surface area (Å²) in [6.45, 7) is 4.97. The molecule has 2 N–H and O–H groups in total. The maximum absolute atomic E-state index is 6.34. The van der Waals surface area contributed by atoms with Crippen LogP contribution >= 0.6 is 11.6 Å². The zero-order chi connectivity index (χ0) is 12.5. The molecule has 17 heavy (non-hydrogen) atoms. The Balaban J connectivity index is 2.70. The van der Waals surface area contributed by atoms with E-state index in [1.807, 2.05) is 18.2 Å². The third kappa shape index (κ3) is 2.28. The quantitative estimate of drug-likeness (QED) is 0.903. The minimum Gasteiger partial charge on any atom is -0.330 e. The van der Waals surface area contributed by atoms with Crippen molar-refractivity contribution < 1.29 is 0 Å².